The molecule has 0 heterocycles. The number of hydrogen-bond donors (Lipinski definition) is 1. The van der Waals surface area contributed by atoms with Gasteiger partial charge in [0.1, 0.15) is 5.78 Å². The maximum atomic E-state index is 11.6. The molecule has 0 aromatic carbocycles. The second-order valence-electron chi connectivity index (χ2n) is 4.28. The van der Waals surface area contributed by atoms with Crippen LogP contribution in [-0.4, -0.2) is 17.4 Å². The van der Waals surface area contributed by atoms with Crippen molar-refractivity contribution < 1.29 is 9.59 Å². The van der Waals surface area contributed by atoms with Crippen LogP contribution < -0.4 is 5.43 Å². The lowest BCUT2D eigenvalue weighted by Gasteiger charge is -2.08. The van der Waals surface area contributed by atoms with E-state index in [0.717, 1.165) is 25.0 Å². The molecule has 16 heavy (non-hydrogen) atoms. The summed E-state index contributed by atoms with van der Waals surface area (Å²) in [4.78, 5) is 22.9. The summed E-state index contributed by atoms with van der Waals surface area (Å²) in [5.41, 5.74) is 3.12. The summed E-state index contributed by atoms with van der Waals surface area (Å²) in [6, 6.07) is 0. The van der Waals surface area contributed by atoms with Gasteiger partial charge in [0.2, 0.25) is 5.91 Å². The SMILES string of the molecule is CCCCC(C)C(=O)CC(=O)NN=C(C)C. The zero-order valence-corrected chi connectivity index (χ0v) is 10.7. The van der Waals surface area contributed by atoms with Gasteiger partial charge in [-0.2, -0.15) is 5.10 Å². The second-order valence-corrected chi connectivity index (χ2v) is 4.28. The summed E-state index contributed by atoms with van der Waals surface area (Å²) < 4.78 is 0. The predicted octanol–water partition coefficient (Wildman–Crippen LogP) is 2.28. The molecule has 4 nitrogen and oxygen atoms in total. The van der Waals surface area contributed by atoms with E-state index in [0.29, 0.717) is 0 Å². The third-order valence-electron chi connectivity index (χ3n) is 2.28. The largest absolute Gasteiger partial charge is 0.299 e. The van der Waals surface area contributed by atoms with Crippen LogP contribution in [-0.2, 0) is 9.59 Å². The molecule has 0 aliphatic heterocycles. The highest BCUT2D eigenvalue weighted by Gasteiger charge is 2.15. The van der Waals surface area contributed by atoms with Crippen LogP contribution in [0.3, 0.4) is 0 Å². The molecule has 0 aromatic heterocycles. The zero-order chi connectivity index (χ0) is 12.6. The number of nitrogens with one attached hydrogen (secondary N) is 1. The summed E-state index contributed by atoms with van der Waals surface area (Å²) >= 11 is 0. The van der Waals surface area contributed by atoms with Crippen molar-refractivity contribution in [3.63, 3.8) is 0 Å². The average molecular weight is 226 g/mol. The molecule has 0 saturated carbocycles. The monoisotopic (exact) mass is 226 g/mol. The number of nitrogens with zero attached hydrogens (tertiary/aromatic N) is 1. The number of amides is 1. The Balaban J connectivity index is 3.94. The van der Waals surface area contributed by atoms with Gasteiger partial charge < -0.3 is 0 Å². The van der Waals surface area contributed by atoms with E-state index in [1.54, 1.807) is 13.8 Å². The zero-order valence-electron chi connectivity index (χ0n) is 10.7. The van der Waals surface area contributed by atoms with Gasteiger partial charge in [0.25, 0.3) is 0 Å². The first kappa shape index (κ1) is 14.8. The highest BCUT2D eigenvalue weighted by Crippen LogP contribution is 2.10. The van der Waals surface area contributed by atoms with Gasteiger partial charge in [-0.3, -0.25) is 9.59 Å². The Kier molecular flexibility index (Phi) is 7.42. The van der Waals surface area contributed by atoms with E-state index >= 15 is 0 Å². The smallest absolute Gasteiger partial charge is 0.247 e. The van der Waals surface area contributed by atoms with Crippen molar-refractivity contribution in [2.45, 2.75) is 53.4 Å². The number of ketones is 1. The molecule has 0 fully saturated rings. The molecule has 0 spiro atoms. The molecule has 0 aliphatic rings. The van der Waals surface area contributed by atoms with Gasteiger partial charge >= 0.3 is 0 Å². The predicted molar refractivity (Wildman–Crippen MR) is 65.2 cm³/mol. The normalized spacial score (nSPS) is 11.8. The van der Waals surface area contributed by atoms with E-state index in [2.05, 4.69) is 17.5 Å². The molecule has 0 radical (unpaired) electrons. The lowest BCUT2D eigenvalue weighted by atomic mass is 9.97. The van der Waals surface area contributed by atoms with Crippen molar-refractivity contribution in [3.8, 4) is 0 Å². The molecule has 1 amide bonds. The van der Waals surface area contributed by atoms with Gasteiger partial charge in [0.15, 0.2) is 0 Å². The fourth-order valence-corrected chi connectivity index (χ4v) is 1.22. The van der Waals surface area contributed by atoms with E-state index in [1.807, 2.05) is 6.92 Å². The number of carbonyl (C=O) groups is 2. The van der Waals surface area contributed by atoms with E-state index in [1.165, 1.54) is 0 Å². The van der Waals surface area contributed by atoms with Crippen LogP contribution in [0.5, 0.6) is 0 Å². The van der Waals surface area contributed by atoms with Crippen molar-refractivity contribution in [2.75, 3.05) is 0 Å². The first-order valence-electron chi connectivity index (χ1n) is 5.79. The molecule has 4 heteroatoms. The molecule has 0 bridgehead atoms. The minimum absolute atomic E-state index is 0.00472. The molecular weight excluding hydrogens is 204 g/mol. The van der Waals surface area contributed by atoms with Crippen LogP contribution >= 0.6 is 0 Å². The minimum Gasteiger partial charge on any atom is -0.299 e. The molecule has 0 aromatic rings. The van der Waals surface area contributed by atoms with E-state index in [4.69, 9.17) is 0 Å². The Labute approximate surface area is 97.5 Å². The number of unbranched alkanes of at least 4 members (excludes halogenated alkanes) is 1. The molecule has 0 saturated heterocycles. The lowest BCUT2D eigenvalue weighted by Crippen LogP contribution is -2.24. The summed E-state index contributed by atoms with van der Waals surface area (Å²) in [6.07, 6.45) is 2.89. The summed E-state index contributed by atoms with van der Waals surface area (Å²) in [7, 11) is 0. The third kappa shape index (κ3) is 7.15. The number of hydrogen-bond acceptors (Lipinski definition) is 3. The minimum atomic E-state index is -0.324. The first-order valence-corrected chi connectivity index (χ1v) is 5.79. The van der Waals surface area contributed by atoms with E-state index < -0.39 is 0 Å². The van der Waals surface area contributed by atoms with Gasteiger partial charge in [-0.05, 0) is 20.3 Å². The molecule has 1 unspecified atom stereocenters. The van der Waals surface area contributed by atoms with Crippen LogP contribution in [0.4, 0.5) is 0 Å². The molecule has 92 valence electrons. The summed E-state index contributed by atoms with van der Waals surface area (Å²) in [5, 5.41) is 3.76. The Morgan fingerprint density at radius 2 is 1.94 bits per heavy atom. The average Bonchev–Trinajstić information content (AvgIpc) is 2.22. The van der Waals surface area contributed by atoms with Gasteiger partial charge in [-0.25, -0.2) is 5.43 Å². The Hall–Kier alpha value is -1.19. The van der Waals surface area contributed by atoms with Crippen molar-refractivity contribution >= 4 is 17.4 Å². The standard InChI is InChI=1S/C12H22N2O2/c1-5-6-7-10(4)11(15)8-12(16)14-13-9(2)3/h10H,5-8H2,1-4H3,(H,14,16). The highest BCUT2D eigenvalue weighted by atomic mass is 16.2. The van der Waals surface area contributed by atoms with Gasteiger partial charge in [-0.15, -0.1) is 0 Å². The second kappa shape index (κ2) is 8.02. The lowest BCUT2D eigenvalue weighted by molar-refractivity contribution is -0.130. The summed E-state index contributed by atoms with van der Waals surface area (Å²) in [6.45, 7) is 7.53. The molecule has 1 atom stereocenters. The topological polar surface area (TPSA) is 58.5 Å². The number of rotatable bonds is 7. The van der Waals surface area contributed by atoms with E-state index in [9.17, 15) is 9.59 Å². The van der Waals surface area contributed by atoms with E-state index in [-0.39, 0.29) is 24.0 Å². The fraction of sp³-hybridized carbons (Fsp3) is 0.750. The van der Waals surface area contributed by atoms with Crippen molar-refractivity contribution in [1.82, 2.24) is 5.43 Å². The molecular formula is C12H22N2O2. The molecule has 1 N–H and O–H groups in total. The Morgan fingerprint density at radius 1 is 1.31 bits per heavy atom. The van der Waals surface area contributed by atoms with Gasteiger partial charge in [0, 0.05) is 11.6 Å². The number of carbonyl (C=O) groups excluding carboxylic acids is 2. The van der Waals surface area contributed by atoms with Crippen LogP contribution in [0.25, 0.3) is 0 Å². The van der Waals surface area contributed by atoms with Gasteiger partial charge in [0.05, 0.1) is 6.42 Å². The Morgan fingerprint density at radius 3 is 2.44 bits per heavy atom. The number of Topliss-reactive ketones (excluding diaryl/α,β-unsaturated/α-hetero) is 1. The van der Waals surface area contributed by atoms with Crippen LogP contribution in [0.1, 0.15) is 53.4 Å². The fourth-order valence-electron chi connectivity index (χ4n) is 1.22. The van der Waals surface area contributed by atoms with Crippen molar-refractivity contribution in [1.29, 1.82) is 0 Å². The quantitative estimate of drug-likeness (QED) is 0.411. The maximum Gasteiger partial charge on any atom is 0.247 e. The molecule has 0 aliphatic carbocycles. The Bertz CT molecular complexity index is 268. The number of hydrazone groups is 1. The summed E-state index contributed by atoms with van der Waals surface area (Å²) in [5.74, 6) is -0.359. The van der Waals surface area contributed by atoms with Crippen LogP contribution in [0.2, 0.25) is 0 Å². The highest BCUT2D eigenvalue weighted by molar-refractivity contribution is 5.99. The molecule has 0 rings (SSSR count). The van der Waals surface area contributed by atoms with Crippen molar-refractivity contribution in [3.05, 3.63) is 0 Å². The van der Waals surface area contributed by atoms with Crippen LogP contribution in [0, 0.1) is 5.92 Å². The maximum absolute atomic E-state index is 11.6. The third-order valence-corrected chi connectivity index (χ3v) is 2.28. The first-order chi connectivity index (χ1) is 7.47. The van der Waals surface area contributed by atoms with Gasteiger partial charge in [-0.1, -0.05) is 26.7 Å². The van der Waals surface area contributed by atoms with Crippen LogP contribution in [0.15, 0.2) is 5.10 Å². The van der Waals surface area contributed by atoms with Crippen molar-refractivity contribution in [2.24, 2.45) is 11.0 Å².